The topological polar surface area (TPSA) is 0 Å². The second-order valence-electron chi connectivity index (χ2n) is 5.62. The second kappa shape index (κ2) is 6.24. The Labute approximate surface area is 149 Å². The number of hydrogen-bond donors (Lipinski definition) is 0. The van der Waals surface area contributed by atoms with Crippen LogP contribution in [0.2, 0.25) is 10.0 Å². The lowest BCUT2D eigenvalue weighted by atomic mass is 10.0. The summed E-state index contributed by atoms with van der Waals surface area (Å²) in [5.41, 5.74) is 2.40. The predicted molar refractivity (Wildman–Crippen MR) is 102 cm³/mol. The highest BCUT2D eigenvalue weighted by Gasteiger charge is 2.22. The van der Waals surface area contributed by atoms with E-state index in [1.807, 2.05) is 23.9 Å². The third-order valence-electron chi connectivity index (χ3n) is 4.11. The van der Waals surface area contributed by atoms with Gasteiger partial charge in [0.15, 0.2) is 0 Å². The standard InChI is InChI=1S/C20H14Cl2S/c21-15-10-9-13(17(22)12-15)11-14-5-4-8-19-20(14)16-6-2-1-3-7-18(16)23-19/h1-6,8-12,18H,7H2. The van der Waals surface area contributed by atoms with Gasteiger partial charge in [-0.2, -0.15) is 0 Å². The summed E-state index contributed by atoms with van der Waals surface area (Å²) >= 11 is 14.3. The molecule has 114 valence electrons. The second-order valence-corrected chi connectivity index (χ2v) is 7.70. The van der Waals surface area contributed by atoms with Crippen LogP contribution in [-0.4, -0.2) is 5.25 Å². The Morgan fingerprint density at radius 1 is 1.09 bits per heavy atom. The SMILES string of the molecule is Clc1ccc(C=c2cccc3c2=C2C=CC=CCC2S3)c(Cl)c1. The number of rotatable bonds is 1. The average Bonchev–Trinajstić information content (AvgIpc) is 2.73. The number of benzene rings is 2. The predicted octanol–water partition coefficient (Wildman–Crippen LogP) is 4.96. The van der Waals surface area contributed by atoms with Crippen molar-refractivity contribution in [3.05, 3.63) is 86.7 Å². The summed E-state index contributed by atoms with van der Waals surface area (Å²) in [6.45, 7) is 0. The molecule has 1 heterocycles. The Morgan fingerprint density at radius 3 is 2.87 bits per heavy atom. The Kier molecular flexibility index (Phi) is 4.11. The maximum absolute atomic E-state index is 6.34. The van der Waals surface area contributed by atoms with Crippen molar-refractivity contribution in [2.24, 2.45) is 0 Å². The summed E-state index contributed by atoms with van der Waals surface area (Å²) in [6, 6.07) is 12.1. The van der Waals surface area contributed by atoms with Crippen LogP contribution in [0.25, 0.3) is 11.6 Å². The first-order valence-electron chi connectivity index (χ1n) is 7.52. The highest BCUT2D eigenvalue weighted by Crippen LogP contribution is 2.35. The smallest absolute Gasteiger partial charge is 0.0493 e. The fourth-order valence-electron chi connectivity index (χ4n) is 3.05. The Balaban J connectivity index is 1.97. The molecular formula is C20H14Cl2S. The molecule has 4 rings (SSSR count). The molecule has 2 aromatic carbocycles. The van der Waals surface area contributed by atoms with Crippen molar-refractivity contribution in [1.29, 1.82) is 0 Å². The van der Waals surface area contributed by atoms with Gasteiger partial charge in [-0.25, -0.2) is 0 Å². The molecular weight excluding hydrogens is 343 g/mol. The van der Waals surface area contributed by atoms with Crippen molar-refractivity contribution in [2.75, 3.05) is 0 Å². The highest BCUT2D eigenvalue weighted by atomic mass is 35.5. The molecule has 0 aromatic heterocycles. The van der Waals surface area contributed by atoms with Gasteiger partial charge in [0.05, 0.1) is 0 Å². The van der Waals surface area contributed by atoms with E-state index in [0.717, 1.165) is 12.0 Å². The van der Waals surface area contributed by atoms with Gasteiger partial charge in [0.1, 0.15) is 0 Å². The number of fused-ring (bicyclic) bond motifs is 2. The van der Waals surface area contributed by atoms with E-state index in [-0.39, 0.29) is 0 Å². The molecule has 0 spiro atoms. The molecule has 2 aromatic rings. The van der Waals surface area contributed by atoms with Crippen LogP contribution in [0.15, 0.2) is 65.6 Å². The van der Waals surface area contributed by atoms with Gasteiger partial charge in [-0.1, -0.05) is 65.7 Å². The third kappa shape index (κ3) is 2.89. The molecule has 0 bridgehead atoms. The van der Waals surface area contributed by atoms with Crippen molar-refractivity contribution in [1.82, 2.24) is 0 Å². The monoisotopic (exact) mass is 356 g/mol. The van der Waals surface area contributed by atoms with E-state index in [1.165, 1.54) is 20.9 Å². The summed E-state index contributed by atoms with van der Waals surface area (Å²) in [5.74, 6) is 0. The highest BCUT2D eigenvalue weighted by molar-refractivity contribution is 8.00. The first kappa shape index (κ1) is 15.1. The Morgan fingerprint density at radius 2 is 2.00 bits per heavy atom. The van der Waals surface area contributed by atoms with Crippen molar-refractivity contribution >= 4 is 46.6 Å². The van der Waals surface area contributed by atoms with E-state index >= 15 is 0 Å². The molecule has 2 aliphatic rings. The van der Waals surface area contributed by atoms with Crippen LogP contribution in [0, 0.1) is 0 Å². The first-order chi connectivity index (χ1) is 11.2. The van der Waals surface area contributed by atoms with Gasteiger partial charge in [-0.05, 0) is 52.3 Å². The summed E-state index contributed by atoms with van der Waals surface area (Å²) in [7, 11) is 0. The molecule has 0 saturated carbocycles. The summed E-state index contributed by atoms with van der Waals surface area (Å²) < 4.78 is 0. The summed E-state index contributed by atoms with van der Waals surface area (Å²) in [5, 5.41) is 4.40. The number of hydrogen-bond acceptors (Lipinski definition) is 1. The zero-order chi connectivity index (χ0) is 15.8. The fourth-order valence-corrected chi connectivity index (χ4v) is 4.86. The average molecular weight is 357 g/mol. The first-order valence-corrected chi connectivity index (χ1v) is 9.16. The van der Waals surface area contributed by atoms with Gasteiger partial charge in [-0.15, -0.1) is 11.8 Å². The zero-order valence-electron chi connectivity index (χ0n) is 12.3. The van der Waals surface area contributed by atoms with Crippen molar-refractivity contribution in [3.8, 4) is 0 Å². The van der Waals surface area contributed by atoms with Gasteiger partial charge in [0.25, 0.3) is 0 Å². The van der Waals surface area contributed by atoms with Crippen LogP contribution < -0.4 is 10.4 Å². The summed E-state index contributed by atoms with van der Waals surface area (Å²) in [6.07, 6.45) is 12.0. The Bertz CT molecular complexity index is 954. The van der Waals surface area contributed by atoms with Gasteiger partial charge in [0, 0.05) is 20.2 Å². The molecule has 0 fully saturated rings. The largest absolute Gasteiger partial charge is 0.117 e. The molecule has 1 aliphatic carbocycles. The van der Waals surface area contributed by atoms with E-state index in [2.05, 4.69) is 48.6 Å². The van der Waals surface area contributed by atoms with Crippen molar-refractivity contribution in [2.45, 2.75) is 16.6 Å². The van der Waals surface area contributed by atoms with E-state index in [1.54, 1.807) is 6.07 Å². The lowest BCUT2D eigenvalue weighted by Gasteiger charge is -2.06. The van der Waals surface area contributed by atoms with Gasteiger partial charge >= 0.3 is 0 Å². The molecule has 1 atom stereocenters. The number of halogens is 2. The third-order valence-corrected chi connectivity index (χ3v) is 6.00. The number of thioether (sulfide) groups is 1. The lowest BCUT2D eigenvalue weighted by Crippen LogP contribution is -2.27. The van der Waals surface area contributed by atoms with Crippen LogP contribution in [0.5, 0.6) is 0 Å². The van der Waals surface area contributed by atoms with E-state index in [0.29, 0.717) is 15.3 Å². The molecule has 0 N–H and O–H groups in total. The quantitative estimate of drug-likeness (QED) is 0.695. The minimum Gasteiger partial charge on any atom is -0.117 e. The molecule has 0 radical (unpaired) electrons. The normalized spacial score (nSPS) is 19.7. The molecule has 0 amide bonds. The van der Waals surface area contributed by atoms with Gasteiger partial charge in [0.2, 0.25) is 0 Å². The molecule has 0 nitrogen and oxygen atoms in total. The van der Waals surface area contributed by atoms with E-state index in [4.69, 9.17) is 23.2 Å². The van der Waals surface area contributed by atoms with Crippen molar-refractivity contribution < 1.29 is 0 Å². The van der Waals surface area contributed by atoms with E-state index < -0.39 is 0 Å². The Hall–Kier alpha value is -1.41. The minimum atomic E-state index is 0.509. The zero-order valence-corrected chi connectivity index (χ0v) is 14.6. The van der Waals surface area contributed by atoms with Crippen LogP contribution in [0.3, 0.4) is 0 Å². The molecule has 1 unspecified atom stereocenters. The minimum absolute atomic E-state index is 0.509. The molecule has 0 saturated heterocycles. The van der Waals surface area contributed by atoms with Crippen LogP contribution >= 0.6 is 35.0 Å². The van der Waals surface area contributed by atoms with Gasteiger partial charge < -0.3 is 0 Å². The van der Waals surface area contributed by atoms with E-state index in [9.17, 15) is 0 Å². The molecule has 1 aliphatic heterocycles. The fraction of sp³-hybridized carbons (Fsp3) is 0.100. The van der Waals surface area contributed by atoms with Crippen LogP contribution in [-0.2, 0) is 0 Å². The van der Waals surface area contributed by atoms with Crippen LogP contribution in [0.1, 0.15) is 12.0 Å². The summed E-state index contributed by atoms with van der Waals surface area (Å²) in [4.78, 5) is 1.35. The number of allylic oxidation sites excluding steroid dienone is 4. The van der Waals surface area contributed by atoms with Gasteiger partial charge in [-0.3, -0.25) is 0 Å². The maximum atomic E-state index is 6.34. The van der Waals surface area contributed by atoms with Crippen LogP contribution in [0.4, 0.5) is 0 Å². The van der Waals surface area contributed by atoms with Crippen molar-refractivity contribution in [3.63, 3.8) is 0 Å². The lowest BCUT2D eigenvalue weighted by molar-refractivity contribution is 1.11. The molecule has 23 heavy (non-hydrogen) atoms. The molecule has 3 heteroatoms. The maximum Gasteiger partial charge on any atom is 0.0493 e.